The lowest BCUT2D eigenvalue weighted by Gasteiger charge is -2.33. The standard InChI is InChI=1S/C18H23N3O3/c1-18(2,3)24-17(23)21-10-8-12(9-11-21)15-16(22)20-14-7-5-4-6-13(14)19-15/h4-7,12H,8-11H2,1-3H3,(H,20,22). The molecule has 128 valence electrons. The average molecular weight is 329 g/mol. The zero-order chi connectivity index (χ0) is 17.3. The predicted octanol–water partition coefficient (Wildman–Crippen LogP) is 3.04. The van der Waals surface area contributed by atoms with E-state index >= 15 is 0 Å². The van der Waals surface area contributed by atoms with Crippen molar-refractivity contribution in [2.75, 3.05) is 13.1 Å². The molecular formula is C18H23N3O3. The van der Waals surface area contributed by atoms with Gasteiger partial charge in [0.15, 0.2) is 0 Å². The second kappa shape index (κ2) is 6.26. The van der Waals surface area contributed by atoms with Crippen LogP contribution in [-0.2, 0) is 4.74 Å². The Morgan fingerprint density at radius 1 is 1.25 bits per heavy atom. The Morgan fingerprint density at radius 2 is 1.92 bits per heavy atom. The maximum Gasteiger partial charge on any atom is 0.410 e. The van der Waals surface area contributed by atoms with E-state index in [0.29, 0.717) is 31.6 Å². The van der Waals surface area contributed by atoms with Crippen molar-refractivity contribution in [3.63, 3.8) is 0 Å². The van der Waals surface area contributed by atoms with Crippen molar-refractivity contribution in [1.29, 1.82) is 0 Å². The molecule has 24 heavy (non-hydrogen) atoms. The van der Waals surface area contributed by atoms with Crippen molar-refractivity contribution >= 4 is 17.1 Å². The number of carbonyl (C=O) groups excluding carboxylic acids is 1. The molecule has 1 aliphatic heterocycles. The van der Waals surface area contributed by atoms with Crippen molar-refractivity contribution in [2.24, 2.45) is 0 Å². The molecule has 0 saturated carbocycles. The third kappa shape index (κ3) is 3.58. The van der Waals surface area contributed by atoms with Gasteiger partial charge >= 0.3 is 6.09 Å². The van der Waals surface area contributed by atoms with Crippen LogP contribution in [0.1, 0.15) is 45.2 Å². The molecule has 0 aliphatic carbocycles. The van der Waals surface area contributed by atoms with Gasteiger partial charge in [0, 0.05) is 19.0 Å². The largest absolute Gasteiger partial charge is 0.444 e. The quantitative estimate of drug-likeness (QED) is 0.872. The fraction of sp³-hybridized carbons (Fsp3) is 0.500. The highest BCUT2D eigenvalue weighted by atomic mass is 16.6. The lowest BCUT2D eigenvalue weighted by Crippen LogP contribution is -2.42. The summed E-state index contributed by atoms with van der Waals surface area (Å²) in [4.78, 5) is 33.6. The summed E-state index contributed by atoms with van der Waals surface area (Å²) in [6.45, 7) is 6.73. The molecule has 1 N–H and O–H groups in total. The van der Waals surface area contributed by atoms with Gasteiger partial charge < -0.3 is 14.6 Å². The minimum absolute atomic E-state index is 0.0667. The number of hydrogen-bond acceptors (Lipinski definition) is 4. The van der Waals surface area contributed by atoms with Gasteiger partial charge in [-0.1, -0.05) is 12.1 Å². The number of nitrogens with one attached hydrogen (secondary N) is 1. The van der Waals surface area contributed by atoms with Crippen LogP contribution in [0.3, 0.4) is 0 Å². The van der Waals surface area contributed by atoms with Crippen LogP contribution in [0.4, 0.5) is 4.79 Å². The van der Waals surface area contributed by atoms with Gasteiger partial charge in [0.1, 0.15) is 11.3 Å². The third-order valence-corrected chi connectivity index (χ3v) is 4.16. The fourth-order valence-corrected chi connectivity index (χ4v) is 2.98. The van der Waals surface area contributed by atoms with Gasteiger partial charge in [-0.25, -0.2) is 9.78 Å². The molecule has 2 heterocycles. The van der Waals surface area contributed by atoms with Crippen LogP contribution < -0.4 is 5.56 Å². The molecule has 0 atom stereocenters. The number of hydrogen-bond donors (Lipinski definition) is 1. The number of aromatic amines is 1. The monoisotopic (exact) mass is 329 g/mol. The van der Waals surface area contributed by atoms with Crippen LogP contribution in [0, 0.1) is 0 Å². The van der Waals surface area contributed by atoms with Crippen molar-refractivity contribution < 1.29 is 9.53 Å². The molecule has 6 nitrogen and oxygen atoms in total. The Kier molecular flexibility index (Phi) is 4.30. The van der Waals surface area contributed by atoms with Gasteiger partial charge in [-0.05, 0) is 45.7 Å². The summed E-state index contributed by atoms with van der Waals surface area (Å²) in [6, 6.07) is 7.52. The summed E-state index contributed by atoms with van der Waals surface area (Å²) < 4.78 is 5.40. The molecule has 1 fully saturated rings. The van der Waals surface area contributed by atoms with Gasteiger partial charge in [-0.15, -0.1) is 0 Å². The Balaban J connectivity index is 1.72. The number of likely N-dealkylation sites (tertiary alicyclic amines) is 1. The molecule has 1 amide bonds. The first-order chi connectivity index (χ1) is 11.3. The van der Waals surface area contributed by atoms with E-state index in [1.54, 1.807) is 4.90 Å². The minimum atomic E-state index is -0.495. The summed E-state index contributed by atoms with van der Waals surface area (Å²) >= 11 is 0. The van der Waals surface area contributed by atoms with E-state index in [2.05, 4.69) is 9.97 Å². The predicted molar refractivity (Wildman–Crippen MR) is 92.1 cm³/mol. The molecule has 1 saturated heterocycles. The molecular weight excluding hydrogens is 306 g/mol. The number of nitrogens with zero attached hydrogens (tertiary/aromatic N) is 2. The van der Waals surface area contributed by atoms with Crippen LogP contribution in [0.5, 0.6) is 0 Å². The van der Waals surface area contributed by atoms with Gasteiger partial charge in [0.05, 0.1) is 11.0 Å². The number of amides is 1. The topological polar surface area (TPSA) is 75.3 Å². The van der Waals surface area contributed by atoms with Crippen LogP contribution in [-0.4, -0.2) is 39.7 Å². The average Bonchev–Trinajstić information content (AvgIpc) is 2.53. The first kappa shape index (κ1) is 16.5. The fourth-order valence-electron chi connectivity index (χ4n) is 2.98. The van der Waals surface area contributed by atoms with Crippen LogP contribution in [0.15, 0.2) is 29.1 Å². The molecule has 1 aromatic heterocycles. The lowest BCUT2D eigenvalue weighted by atomic mass is 9.93. The molecule has 1 aliphatic rings. The Hall–Kier alpha value is -2.37. The van der Waals surface area contributed by atoms with E-state index in [-0.39, 0.29) is 17.6 Å². The SMILES string of the molecule is CC(C)(C)OC(=O)N1CCC(c2nc3ccccc3[nH]c2=O)CC1. The molecule has 0 spiro atoms. The van der Waals surface area contributed by atoms with Gasteiger partial charge in [-0.3, -0.25) is 4.79 Å². The Morgan fingerprint density at radius 3 is 2.58 bits per heavy atom. The van der Waals surface area contributed by atoms with Gasteiger partial charge in [-0.2, -0.15) is 0 Å². The minimum Gasteiger partial charge on any atom is -0.444 e. The van der Waals surface area contributed by atoms with Crippen LogP contribution in [0.25, 0.3) is 11.0 Å². The maximum absolute atomic E-state index is 12.3. The third-order valence-electron chi connectivity index (χ3n) is 4.16. The van der Waals surface area contributed by atoms with E-state index in [1.807, 2.05) is 45.0 Å². The number of rotatable bonds is 1. The summed E-state index contributed by atoms with van der Waals surface area (Å²) in [5.74, 6) is 0.0667. The first-order valence-electron chi connectivity index (χ1n) is 8.30. The number of ether oxygens (including phenoxy) is 1. The highest BCUT2D eigenvalue weighted by Crippen LogP contribution is 2.26. The van der Waals surface area contributed by atoms with Crippen LogP contribution >= 0.6 is 0 Å². The number of para-hydroxylation sites is 2. The molecule has 3 rings (SSSR count). The van der Waals surface area contributed by atoms with E-state index in [9.17, 15) is 9.59 Å². The zero-order valence-electron chi connectivity index (χ0n) is 14.3. The van der Waals surface area contributed by atoms with Gasteiger partial charge in [0.25, 0.3) is 5.56 Å². The van der Waals surface area contributed by atoms with E-state index in [4.69, 9.17) is 4.74 Å². The van der Waals surface area contributed by atoms with Crippen LogP contribution in [0.2, 0.25) is 0 Å². The Labute approximate surface area is 140 Å². The summed E-state index contributed by atoms with van der Waals surface area (Å²) in [7, 11) is 0. The van der Waals surface area contributed by atoms with Crippen molar-refractivity contribution in [1.82, 2.24) is 14.9 Å². The van der Waals surface area contributed by atoms with E-state index in [0.717, 1.165) is 11.0 Å². The summed E-state index contributed by atoms with van der Waals surface area (Å²) in [6.07, 6.45) is 1.14. The van der Waals surface area contributed by atoms with E-state index in [1.165, 1.54) is 0 Å². The van der Waals surface area contributed by atoms with Crippen molar-refractivity contribution in [3.8, 4) is 0 Å². The molecule has 0 radical (unpaired) electrons. The summed E-state index contributed by atoms with van der Waals surface area (Å²) in [5.41, 5.74) is 1.48. The lowest BCUT2D eigenvalue weighted by molar-refractivity contribution is 0.0204. The number of fused-ring (bicyclic) bond motifs is 1. The number of benzene rings is 1. The molecule has 2 aromatic rings. The number of carbonyl (C=O) groups is 1. The Bertz CT molecular complexity index is 799. The molecule has 0 unspecified atom stereocenters. The number of H-pyrrole nitrogens is 1. The number of aromatic nitrogens is 2. The molecule has 6 heteroatoms. The first-order valence-corrected chi connectivity index (χ1v) is 8.30. The molecule has 1 aromatic carbocycles. The highest BCUT2D eigenvalue weighted by molar-refractivity contribution is 5.73. The van der Waals surface area contributed by atoms with Crippen molar-refractivity contribution in [3.05, 3.63) is 40.3 Å². The number of piperidine rings is 1. The highest BCUT2D eigenvalue weighted by Gasteiger charge is 2.29. The summed E-state index contributed by atoms with van der Waals surface area (Å²) in [5, 5.41) is 0. The van der Waals surface area contributed by atoms with E-state index < -0.39 is 5.60 Å². The normalized spacial score (nSPS) is 16.4. The maximum atomic E-state index is 12.3. The zero-order valence-corrected chi connectivity index (χ0v) is 14.3. The van der Waals surface area contributed by atoms with Crippen molar-refractivity contribution in [2.45, 2.75) is 45.1 Å². The van der Waals surface area contributed by atoms with Gasteiger partial charge in [0.2, 0.25) is 0 Å². The second-order valence-corrected chi connectivity index (χ2v) is 7.21. The molecule has 0 bridgehead atoms. The second-order valence-electron chi connectivity index (χ2n) is 7.21. The smallest absolute Gasteiger partial charge is 0.410 e.